The van der Waals surface area contributed by atoms with Crippen LogP contribution in [0.5, 0.6) is 0 Å². The number of hydrogen-bond donors (Lipinski definition) is 0. The summed E-state index contributed by atoms with van der Waals surface area (Å²) in [6.07, 6.45) is 5.62. The maximum absolute atomic E-state index is 13.9. The van der Waals surface area contributed by atoms with E-state index in [1.54, 1.807) is 18.2 Å². The number of benzene rings is 1. The smallest absolute Gasteiger partial charge is 0.268 e. The predicted octanol–water partition coefficient (Wildman–Crippen LogP) is 5.04. The molecule has 0 radical (unpaired) electrons. The standard InChI is InChI=1S/C20H20F2N2O/c1-4-13-11-20(2,3)15-8-5-9-16(17(13)15)24(19(21)22)18(25)14-7-6-10-23-12-14/h5-12,19H,4H2,1-3H3. The fourth-order valence-electron chi connectivity index (χ4n) is 3.41. The molecule has 0 fully saturated rings. The summed E-state index contributed by atoms with van der Waals surface area (Å²) in [6, 6.07) is 8.32. The summed E-state index contributed by atoms with van der Waals surface area (Å²) in [5.74, 6) is -0.753. The quantitative estimate of drug-likeness (QED) is 0.730. The molecular weight excluding hydrogens is 322 g/mol. The van der Waals surface area contributed by atoms with Gasteiger partial charge in [0.1, 0.15) is 0 Å². The minimum atomic E-state index is -2.94. The minimum Gasteiger partial charge on any atom is -0.268 e. The van der Waals surface area contributed by atoms with Crippen LogP contribution in [-0.4, -0.2) is 17.4 Å². The fourth-order valence-corrected chi connectivity index (χ4v) is 3.41. The van der Waals surface area contributed by atoms with E-state index in [0.29, 0.717) is 11.3 Å². The van der Waals surface area contributed by atoms with Crippen molar-refractivity contribution < 1.29 is 13.6 Å². The Bertz CT molecular complexity index is 829. The summed E-state index contributed by atoms with van der Waals surface area (Å²) in [4.78, 5) is 17.2. The van der Waals surface area contributed by atoms with E-state index >= 15 is 0 Å². The molecule has 0 aliphatic heterocycles. The lowest BCUT2D eigenvalue weighted by Crippen LogP contribution is -2.36. The van der Waals surface area contributed by atoms with E-state index in [9.17, 15) is 13.6 Å². The van der Waals surface area contributed by atoms with E-state index in [0.717, 1.165) is 16.7 Å². The molecule has 1 aromatic heterocycles. The first-order valence-corrected chi connectivity index (χ1v) is 8.24. The number of carbonyl (C=O) groups is 1. The monoisotopic (exact) mass is 342 g/mol. The SMILES string of the molecule is CCC1=CC(C)(C)c2cccc(N(C(=O)c3cccnc3)C(F)F)c21. The molecule has 3 rings (SSSR count). The molecule has 2 aromatic rings. The number of nitrogens with zero attached hydrogens (tertiary/aromatic N) is 2. The second-order valence-corrected chi connectivity index (χ2v) is 6.64. The summed E-state index contributed by atoms with van der Waals surface area (Å²) in [5.41, 5.74) is 2.83. The molecule has 1 amide bonds. The molecule has 1 aliphatic rings. The van der Waals surface area contributed by atoms with Gasteiger partial charge >= 0.3 is 6.55 Å². The van der Waals surface area contributed by atoms with Crippen LogP contribution in [0.2, 0.25) is 0 Å². The summed E-state index contributed by atoms with van der Waals surface area (Å²) in [6.45, 7) is 3.15. The second kappa shape index (κ2) is 6.39. The lowest BCUT2D eigenvalue weighted by atomic mass is 9.86. The van der Waals surface area contributed by atoms with Gasteiger partial charge in [0, 0.05) is 23.4 Å². The van der Waals surface area contributed by atoms with E-state index in [2.05, 4.69) is 11.1 Å². The van der Waals surface area contributed by atoms with Gasteiger partial charge in [0.25, 0.3) is 5.91 Å². The van der Waals surface area contributed by atoms with Crippen LogP contribution < -0.4 is 4.90 Å². The van der Waals surface area contributed by atoms with E-state index in [1.165, 1.54) is 18.5 Å². The zero-order valence-electron chi connectivity index (χ0n) is 14.5. The van der Waals surface area contributed by atoms with Crippen LogP contribution >= 0.6 is 0 Å². The third kappa shape index (κ3) is 2.95. The Morgan fingerprint density at radius 2 is 2.00 bits per heavy atom. The first-order valence-electron chi connectivity index (χ1n) is 8.24. The Morgan fingerprint density at radius 3 is 2.60 bits per heavy atom. The maximum Gasteiger partial charge on any atom is 0.321 e. The topological polar surface area (TPSA) is 33.2 Å². The van der Waals surface area contributed by atoms with Gasteiger partial charge in [0.05, 0.1) is 11.3 Å². The highest BCUT2D eigenvalue weighted by Crippen LogP contribution is 2.46. The van der Waals surface area contributed by atoms with Crippen molar-refractivity contribution in [1.82, 2.24) is 4.98 Å². The van der Waals surface area contributed by atoms with Crippen molar-refractivity contribution in [3.05, 3.63) is 65.5 Å². The van der Waals surface area contributed by atoms with Crippen LogP contribution in [0.1, 0.15) is 48.7 Å². The number of rotatable bonds is 4. The molecule has 1 aromatic carbocycles. The van der Waals surface area contributed by atoms with Crippen LogP contribution in [0, 0.1) is 0 Å². The van der Waals surface area contributed by atoms with Crippen LogP contribution in [0.15, 0.2) is 48.8 Å². The van der Waals surface area contributed by atoms with Crippen LogP contribution in [0.4, 0.5) is 14.5 Å². The zero-order chi connectivity index (χ0) is 18.2. The molecular formula is C20H20F2N2O. The number of halogens is 2. The van der Waals surface area contributed by atoms with Gasteiger partial charge in [-0.15, -0.1) is 0 Å². The minimum absolute atomic E-state index is 0.139. The number of allylic oxidation sites excluding steroid dienone is 2. The van der Waals surface area contributed by atoms with Gasteiger partial charge in [-0.25, -0.2) is 4.90 Å². The lowest BCUT2D eigenvalue weighted by Gasteiger charge is -2.26. The van der Waals surface area contributed by atoms with Crippen molar-refractivity contribution in [3.63, 3.8) is 0 Å². The Labute approximate surface area is 146 Å². The molecule has 0 saturated heterocycles. The third-order valence-corrected chi connectivity index (χ3v) is 4.56. The van der Waals surface area contributed by atoms with Gasteiger partial charge in [-0.05, 0) is 35.8 Å². The molecule has 130 valence electrons. The Kier molecular flexibility index (Phi) is 4.41. The summed E-state index contributed by atoms with van der Waals surface area (Å²) in [5, 5.41) is 0. The van der Waals surface area contributed by atoms with Crippen LogP contribution in [-0.2, 0) is 5.41 Å². The molecule has 5 heteroatoms. The average Bonchev–Trinajstić information content (AvgIpc) is 2.87. The van der Waals surface area contributed by atoms with Gasteiger partial charge in [0.2, 0.25) is 0 Å². The average molecular weight is 342 g/mol. The van der Waals surface area contributed by atoms with Crippen LogP contribution in [0.3, 0.4) is 0 Å². The van der Waals surface area contributed by atoms with Crippen molar-refractivity contribution in [2.45, 2.75) is 39.2 Å². The summed E-state index contributed by atoms with van der Waals surface area (Å²) < 4.78 is 27.8. The largest absolute Gasteiger partial charge is 0.321 e. The number of amides is 1. The molecule has 0 atom stereocenters. The summed E-state index contributed by atoms with van der Waals surface area (Å²) in [7, 11) is 0. The Hall–Kier alpha value is -2.56. The number of carbonyl (C=O) groups excluding carboxylic acids is 1. The van der Waals surface area contributed by atoms with Crippen LogP contribution in [0.25, 0.3) is 5.57 Å². The van der Waals surface area contributed by atoms with Gasteiger partial charge in [-0.1, -0.05) is 39.0 Å². The van der Waals surface area contributed by atoms with Crippen molar-refractivity contribution in [1.29, 1.82) is 0 Å². The van der Waals surface area contributed by atoms with E-state index in [4.69, 9.17) is 0 Å². The second-order valence-electron chi connectivity index (χ2n) is 6.64. The Morgan fingerprint density at radius 1 is 1.24 bits per heavy atom. The van der Waals surface area contributed by atoms with Crippen molar-refractivity contribution in [2.24, 2.45) is 0 Å². The number of pyridine rings is 1. The highest BCUT2D eigenvalue weighted by atomic mass is 19.3. The number of hydrogen-bond acceptors (Lipinski definition) is 2. The maximum atomic E-state index is 13.9. The zero-order valence-corrected chi connectivity index (χ0v) is 14.5. The third-order valence-electron chi connectivity index (χ3n) is 4.56. The summed E-state index contributed by atoms with van der Waals surface area (Å²) >= 11 is 0. The fraction of sp³-hybridized carbons (Fsp3) is 0.300. The number of aromatic nitrogens is 1. The number of anilines is 1. The predicted molar refractivity (Wildman–Crippen MR) is 94.8 cm³/mol. The molecule has 0 spiro atoms. The normalized spacial score (nSPS) is 15.0. The number of alkyl halides is 2. The molecule has 0 saturated carbocycles. The van der Waals surface area contributed by atoms with E-state index in [-0.39, 0.29) is 16.7 Å². The first kappa shape index (κ1) is 17.3. The highest BCUT2D eigenvalue weighted by Gasteiger charge is 2.35. The molecule has 3 nitrogen and oxygen atoms in total. The van der Waals surface area contributed by atoms with Crippen molar-refractivity contribution in [2.75, 3.05) is 4.90 Å². The van der Waals surface area contributed by atoms with E-state index < -0.39 is 12.5 Å². The van der Waals surface area contributed by atoms with Gasteiger partial charge < -0.3 is 0 Å². The molecule has 0 N–H and O–H groups in total. The molecule has 0 unspecified atom stereocenters. The first-order chi connectivity index (χ1) is 11.9. The van der Waals surface area contributed by atoms with Gasteiger partial charge in [0.15, 0.2) is 0 Å². The molecule has 1 heterocycles. The highest BCUT2D eigenvalue weighted by molar-refractivity contribution is 6.08. The molecule has 1 aliphatic carbocycles. The molecule has 25 heavy (non-hydrogen) atoms. The number of fused-ring (bicyclic) bond motifs is 1. The lowest BCUT2D eigenvalue weighted by molar-refractivity contribution is 0.0838. The Balaban J connectivity index is 2.16. The van der Waals surface area contributed by atoms with Crippen molar-refractivity contribution >= 4 is 17.2 Å². The van der Waals surface area contributed by atoms with E-state index in [1.807, 2.05) is 26.8 Å². The molecule has 0 bridgehead atoms. The van der Waals surface area contributed by atoms with Crippen molar-refractivity contribution in [3.8, 4) is 0 Å². The van der Waals surface area contributed by atoms with Gasteiger partial charge in [-0.3, -0.25) is 9.78 Å². The van der Waals surface area contributed by atoms with Gasteiger partial charge in [-0.2, -0.15) is 8.78 Å².